The summed E-state index contributed by atoms with van der Waals surface area (Å²) < 4.78 is 27.2. The maximum atomic E-state index is 13.9. The first-order valence-electron chi connectivity index (χ1n) is 11.9. The van der Waals surface area contributed by atoms with Gasteiger partial charge in [0.2, 0.25) is 0 Å². The van der Waals surface area contributed by atoms with Gasteiger partial charge in [-0.3, -0.25) is 4.79 Å². The lowest BCUT2D eigenvalue weighted by atomic mass is 10.0. The third kappa shape index (κ3) is 5.10. The molecule has 1 aromatic heterocycles. The van der Waals surface area contributed by atoms with Crippen LogP contribution in [0.15, 0.2) is 78.9 Å². The highest BCUT2D eigenvalue weighted by atomic mass is 19.1. The summed E-state index contributed by atoms with van der Waals surface area (Å²) in [6.45, 7) is 4.17. The molecule has 4 aromatic rings. The molecule has 1 saturated heterocycles. The number of amides is 1. The number of hydrogen-bond donors (Lipinski definition) is 0. The maximum absolute atomic E-state index is 13.9. The van der Waals surface area contributed by atoms with E-state index in [1.54, 1.807) is 17.0 Å². The molecule has 0 spiro atoms. The summed E-state index contributed by atoms with van der Waals surface area (Å²) >= 11 is 0. The molecule has 2 heterocycles. The smallest absolute Gasteiger partial charge is 0.253 e. The molecular weight excluding hydrogens is 458 g/mol. The first-order valence-corrected chi connectivity index (χ1v) is 11.9. The SMILES string of the molecule is Cc1nc(-c2cccc(F)c2)nc(N2CCN(C(=O)c3ccc(F)cc3)CC2)c1Cc1ccccc1. The zero-order valence-electron chi connectivity index (χ0n) is 20.0. The average Bonchev–Trinajstić information content (AvgIpc) is 2.90. The molecule has 1 fully saturated rings. The van der Waals surface area contributed by atoms with Crippen molar-refractivity contribution in [3.8, 4) is 11.4 Å². The molecule has 0 radical (unpaired) electrons. The van der Waals surface area contributed by atoms with Crippen LogP contribution in [-0.2, 0) is 6.42 Å². The molecule has 1 aliphatic heterocycles. The molecule has 1 aliphatic rings. The van der Waals surface area contributed by atoms with Crippen LogP contribution in [0.1, 0.15) is 27.2 Å². The number of halogens is 2. The van der Waals surface area contributed by atoms with Gasteiger partial charge in [0.1, 0.15) is 17.5 Å². The van der Waals surface area contributed by atoms with Crippen molar-refractivity contribution >= 4 is 11.7 Å². The Labute approximate surface area is 209 Å². The number of rotatable bonds is 5. The molecule has 5 rings (SSSR count). The van der Waals surface area contributed by atoms with Crippen LogP contribution in [0.25, 0.3) is 11.4 Å². The molecule has 0 saturated carbocycles. The van der Waals surface area contributed by atoms with E-state index >= 15 is 0 Å². The number of hydrogen-bond acceptors (Lipinski definition) is 4. The van der Waals surface area contributed by atoms with Crippen molar-refractivity contribution in [2.75, 3.05) is 31.1 Å². The van der Waals surface area contributed by atoms with E-state index in [1.807, 2.05) is 25.1 Å². The van der Waals surface area contributed by atoms with Gasteiger partial charge < -0.3 is 9.80 Å². The summed E-state index contributed by atoms with van der Waals surface area (Å²) in [5.74, 6) is 0.466. The first-order chi connectivity index (χ1) is 17.5. The normalized spacial score (nSPS) is 13.6. The Morgan fingerprint density at radius 2 is 1.56 bits per heavy atom. The van der Waals surface area contributed by atoms with Crippen LogP contribution in [0.5, 0.6) is 0 Å². The number of anilines is 1. The molecule has 36 heavy (non-hydrogen) atoms. The summed E-state index contributed by atoms with van der Waals surface area (Å²) in [5, 5.41) is 0. The lowest BCUT2D eigenvalue weighted by Crippen LogP contribution is -2.49. The Bertz CT molecular complexity index is 1370. The molecule has 1 amide bonds. The maximum Gasteiger partial charge on any atom is 0.253 e. The van der Waals surface area contributed by atoms with Crippen LogP contribution >= 0.6 is 0 Å². The van der Waals surface area contributed by atoms with E-state index < -0.39 is 0 Å². The number of benzene rings is 3. The Balaban J connectivity index is 1.44. The fraction of sp³-hybridized carbons (Fsp3) is 0.207. The van der Waals surface area contributed by atoms with E-state index in [1.165, 1.54) is 36.4 Å². The zero-order valence-corrected chi connectivity index (χ0v) is 20.0. The average molecular weight is 485 g/mol. The van der Waals surface area contributed by atoms with E-state index in [-0.39, 0.29) is 17.5 Å². The van der Waals surface area contributed by atoms with Crippen molar-refractivity contribution in [1.29, 1.82) is 0 Å². The molecule has 7 heteroatoms. The molecule has 182 valence electrons. The third-order valence-electron chi connectivity index (χ3n) is 6.46. The first kappa shape index (κ1) is 23.6. The monoisotopic (exact) mass is 484 g/mol. The Morgan fingerprint density at radius 1 is 0.833 bits per heavy atom. The van der Waals surface area contributed by atoms with Gasteiger partial charge in [0, 0.05) is 55.0 Å². The number of carbonyl (C=O) groups is 1. The number of carbonyl (C=O) groups excluding carboxylic acids is 1. The van der Waals surface area contributed by atoms with Gasteiger partial charge in [0.25, 0.3) is 5.91 Å². The molecule has 0 atom stereocenters. The van der Waals surface area contributed by atoms with Crippen molar-refractivity contribution in [2.45, 2.75) is 13.3 Å². The predicted octanol–water partition coefficient (Wildman–Crippen LogP) is 5.28. The minimum Gasteiger partial charge on any atom is -0.353 e. The summed E-state index contributed by atoms with van der Waals surface area (Å²) in [6.07, 6.45) is 0.667. The minimum atomic E-state index is -0.365. The van der Waals surface area contributed by atoms with E-state index in [4.69, 9.17) is 9.97 Å². The summed E-state index contributed by atoms with van der Waals surface area (Å²) in [7, 11) is 0. The van der Waals surface area contributed by atoms with Crippen molar-refractivity contribution in [3.63, 3.8) is 0 Å². The quantitative estimate of drug-likeness (QED) is 0.387. The molecule has 3 aromatic carbocycles. The lowest BCUT2D eigenvalue weighted by Gasteiger charge is -2.36. The second-order valence-electron chi connectivity index (χ2n) is 8.89. The lowest BCUT2D eigenvalue weighted by molar-refractivity contribution is 0.0746. The highest BCUT2D eigenvalue weighted by Crippen LogP contribution is 2.29. The molecule has 0 aliphatic carbocycles. The van der Waals surface area contributed by atoms with Gasteiger partial charge in [-0.25, -0.2) is 18.7 Å². The standard InChI is InChI=1S/C29H26F2N4O/c1-20-26(18-21-6-3-2-4-7-21)28(33-27(32-20)23-8-5-9-25(31)19-23)34-14-16-35(17-15-34)29(36)22-10-12-24(30)13-11-22/h2-13,19H,14-18H2,1H3. The van der Waals surface area contributed by atoms with Crippen LogP contribution in [-0.4, -0.2) is 47.0 Å². The van der Waals surface area contributed by atoms with Crippen molar-refractivity contribution in [3.05, 3.63) is 113 Å². The molecular formula is C29H26F2N4O. The second-order valence-corrected chi connectivity index (χ2v) is 8.89. The van der Waals surface area contributed by atoms with Gasteiger partial charge in [-0.15, -0.1) is 0 Å². The summed E-state index contributed by atoms with van der Waals surface area (Å²) in [4.78, 5) is 26.5. The Hall–Kier alpha value is -4.13. The van der Waals surface area contributed by atoms with E-state index in [2.05, 4.69) is 17.0 Å². The third-order valence-corrected chi connectivity index (χ3v) is 6.46. The van der Waals surface area contributed by atoms with Crippen LogP contribution in [0.3, 0.4) is 0 Å². The van der Waals surface area contributed by atoms with E-state index in [0.29, 0.717) is 49.6 Å². The summed E-state index contributed by atoms with van der Waals surface area (Å²) in [6, 6.07) is 22.1. The Kier molecular flexibility index (Phi) is 6.71. The van der Waals surface area contributed by atoms with Crippen LogP contribution < -0.4 is 4.90 Å². The van der Waals surface area contributed by atoms with Gasteiger partial charge in [-0.2, -0.15) is 0 Å². The van der Waals surface area contributed by atoms with E-state index in [9.17, 15) is 13.6 Å². The zero-order chi connectivity index (χ0) is 25.1. The van der Waals surface area contributed by atoms with Crippen molar-refractivity contribution in [2.24, 2.45) is 0 Å². The van der Waals surface area contributed by atoms with Crippen LogP contribution in [0, 0.1) is 18.6 Å². The molecule has 0 N–H and O–H groups in total. The number of nitrogens with zero attached hydrogens (tertiary/aromatic N) is 4. The molecule has 0 unspecified atom stereocenters. The fourth-order valence-electron chi connectivity index (χ4n) is 4.50. The molecule has 0 bridgehead atoms. The van der Waals surface area contributed by atoms with Crippen molar-refractivity contribution < 1.29 is 13.6 Å². The number of aromatic nitrogens is 2. The highest BCUT2D eigenvalue weighted by Gasteiger charge is 2.26. The van der Waals surface area contributed by atoms with Gasteiger partial charge in [0.05, 0.1) is 0 Å². The Morgan fingerprint density at radius 3 is 2.25 bits per heavy atom. The van der Waals surface area contributed by atoms with Crippen LogP contribution in [0.2, 0.25) is 0 Å². The number of piperazine rings is 1. The molecule has 5 nitrogen and oxygen atoms in total. The topological polar surface area (TPSA) is 49.3 Å². The van der Waals surface area contributed by atoms with Gasteiger partial charge in [-0.1, -0.05) is 42.5 Å². The van der Waals surface area contributed by atoms with Gasteiger partial charge in [0.15, 0.2) is 5.82 Å². The largest absolute Gasteiger partial charge is 0.353 e. The fourth-order valence-corrected chi connectivity index (χ4v) is 4.50. The highest BCUT2D eigenvalue weighted by molar-refractivity contribution is 5.94. The minimum absolute atomic E-state index is 0.113. The number of aryl methyl sites for hydroxylation is 1. The second kappa shape index (κ2) is 10.2. The summed E-state index contributed by atoms with van der Waals surface area (Å²) in [5.41, 5.74) is 4.10. The van der Waals surface area contributed by atoms with Gasteiger partial charge >= 0.3 is 0 Å². The van der Waals surface area contributed by atoms with Gasteiger partial charge in [-0.05, 0) is 48.9 Å². The van der Waals surface area contributed by atoms with E-state index in [0.717, 1.165) is 22.6 Å². The van der Waals surface area contributed by atoms with Crippen molar-refractivity contribution in [1.82, 2.24) is 14.9 Å². The predicted molar refractivity (Wildman–Crippen MR) is 136 cm³/mol. The van der Waals surface area contributed by atoms with Crippen LogP contribution in [0.4, 0.5) is 14.6 Å².